The molecule has 0 saturated heterocycles. The van der Waals surface area contributed by atoms with Crippen LogP contribution in [0.2, 0.25) is 0 Å². The lowest BCUT2D eigenvalue weighted by Gasteiger charge is -2.25. The molecule has 1 heterocycles. The molecule has 0 aliphatic heterocycles. The Morgan fingerprint density at radius 2 is 2.35 bits per heavy atom. The Morgan fingerprint density at radius 1 is 1.59 bits per heavy atom. The maximum Gasteiger partial charge on any atom is 0.323 e. The number of esters is 1. The largest absolute Gasteiger partial charge is 0.472 e. The van der Waals surface area contributed by atoms with Crippen LogP contribution >= 0.6 is 0 Å². The Balaban J connectivity index is 2.58. The minimum atomic E-state index is -0.171. The molecule has 4 heteroatoms. The summed E-state index contributed by atoms with van der Waals surface area (Å²) in [6.07, 6.45) is 6.27. The van der Waals surface area contributed by atoms with E-state index < -0.39 is 0 Å². The molecule has 0 aliphatic carbocycles. The Morgan fingerprint density at radius 3 is 2.88 bits per heavy atom. The number of methoxy groups -OCH3 is 1. The number of carbonyl (C=O) groups is 1. The van der Waals surface area contributed by atoms with Crippen LogP contribution in [0.3, 0.4) is 0 Å². The van der Waals surface area contributed by atoms with Crippen molar-refractivity contribution >= 4 is 5.97 Å². The Kier molecular flexibility index (Phi) is 5.77. The zero-order valence-corrected chi connectivity index (χ0v) is 10.8. The van der Waals surface area contributed by atoms with Crippen LogP contribution in [0.15, 0.2) is 23.0 Å². The van der Waals surface area contributed by atoms with Crippen LogP contribution in [0.1, 0.15) is 31.7 Å². The minimum Gasteiger partial charge on any atom is -0.472 e. The predicted octanol–water partition coefficient (Wildman–Crippen LogP) is 2.44. The lowest BCUT2D eigenvalue weighted by Crippen LogP contribution is -2.38. The highest BCUT2D eigenvalue weighted by Crippen LogP contribution is 2.13. The van der Waals surface area contributed by atoms with E-state index in [1.165, 1.54) is 7.11 Å². The molecule has 0 aromatic carbocycles. The van der Waals surface area contributed by atoms with Gasteiger partial charge >= 0.3 is 5.97 Å². The molecule has 4 nitrogen and oxygen atoms in total. The van der Waals surface area contributed by atoms with Crippen molar-refractivity contribution in [2.24, 2.45) is 0 Å². The van der Waals surface area contributed by atoms with Gasteiger partial charge in [-0.05, 0) is 19.5 Å². The Hall–Kier alpha value is -1.29. The minimum absolute atomic E-state index is 0.163. The second-order valence-electron chi connectivity index (χ2n) is 4.23. The molecule has 0 amide bonds. The molecule has 1 rings (SSSR count). The van der Waals surface area contributed by atoms with Crippen LogP contribution < -0.4 is 0 Å². The van der Waals surface area contributed by atoms with Gasteiger partial charge in [0.15, 0.2) is 0 Å². The van der Waals surface area contributed by atoms with Crippen LogP contribution in [0.5, 0.6) is 0 Å². The predicted molar refractivity (Wildman–Crippen MR) is 65.5 cm³/mol. The summed E-state index contributed by atoms with van der Waals surface area (Å²) in [5.41, 5.74) is 1.07. The van der Waals surface area contributed by atoms with Gasteiger partial charge in [-0.1, -0.05) is 19.8 Å². The van der Waals surface area contributed by atoms with Gasteiger partial charge < -0.3 is 9.15 Å². The van der Waals surface area contributed by atoms with Crippen molar-refractivity contribution in [1.82, 2.24) is 4.90 Å². The molecule has 0 spiro atoms. The fraction of sp³-hybridized carbons (Fsp3) is 0.615. The van der Waals surface area contributed by atoms with Crippen molar-refractivity contribution in [3.8, 4) is 0 Å². The van der Waals surface area contributed by atoms with Crippen LogP contribution in [-0.4, -0.2) is 31.1 Å². The van der Waals surface area contributed by atoms with Gasteiger partial charge in [-0.2, -0.15) is 0 Å². The summed E-state index contributed by atoms with van der Waals surface area (Å²) < 4.78 is 9.87. The average molecular weight is 239 g/mol. The molecular formula is C13H21NO3. The fourth-order valence-corrected chi connectivity index (χ4v) is 1.83. The first-order chi connectivity index (χ1) is 8.19. The van der Waals surface area contributed by atoms with Gasteiger partial charge in [0.25, 0.3) is 0 Å². The highest BCUT2D eigenvalue weighted by atomic mass is 16.5. The molecule has 0 bridgehead atoms. The SMILES string of the molecule is CCCCC(C(=O)OC)N(C)Cc1ccoc1. The zero-order chi connectivity index (χ0) is 12.7. The third kappa shape index (κ3) is 4.23. The summed E-state index contributed by atoms with van der Waals surface area (Å²) in [5.74, 6) is -0.163. The van der Waals surface area contributed by atoms with E-state index in [2.05, 4.69) is 6.92 Å². The van der Waals surface area contributed by atoms with Crippen molar-refractivity contribution in [2.75, 3.05) is 14.2 Å². The van der Waals surface area contributed by atoms with Crippen molar-refractivity contribution < 1.29 is 13.9 Å². The third-order valence-corrected chi connectivity index (χ3v) is 2.85. The molecule has 0 N–H and O–H groups in total. The van der Waals surface area contributed by atoms with E-state index in [0.29, 0.717) is 6.54 Å². The number of furan rings is 1. The van der Waals surface area contributed by atoms with Gasteiger partial charge in [0.05, 0.1) is 19.6 Å². The molecule has 0 radical (unpaired) electrons. The number of unbranched alkanes of at least 4 members (excludes halogenated alkanes) is 1. The lowest BCUT2D eigenvalue weighted by atomic mass is 10.1. The molecule has 0 fully saturated rings. The summed E-state index contributed by atoms with van der Waals surface area (Å²) in [7, 11) is 3.37. The average Bonchev–Trinajstić information content (AvgIpc) is 2.81. The summed E-state index contributed by atoms with van der Waals surface area (Å²) >= 11 is 0. The van der Waals surface area contributed by atoms with Gasteiger partial charge in [-0.25, -0.2) is 0 Å². The number of likely N-dealkylation sites (N-methyl/N-ethyl adjacent to an activating group) is 1. The number of hydrogen-bond donors (Lipinski definition) is 0. The number of rotatable bonds is 7. The third-order valence-electron chi connectivity index (χ3n) is 2.85. The first kappa shape index (κ1) is 13.8. The molecule has 17 heavy (non-hydrogen) atoms. The van der Waals surface area contributed by atoms with Gasteiger partial charge in [0, 0.05) is 12.1 Å². The number of nitrogens with zero attached hydrogens (tertiary/aromatic N) is 1. The van der Waals surface area contributed by atoms with Crippen LogP contribution in [0.25, 0.3) is 0 Å². The smallest absolute Gasteiger partial charge is 0.323 e. The highest BCUT2D eigenvalue weighted by molar-refractivity contribution is 5.75. The van der Waals surface area contributed by atoms with Gasteiger partial charge in [-0.15, -0.1) is 0 Å². The Bertz CT molecular complexity index is 321. The maximum atomic E-state index is 11.7. The highest BCUT2D eigenvalue weighted by Gasteiger charge is 2.23. The molecule has 0 aliphatic rings. The first-order valence-corrected chi connectivity index (χ1v) is 5.98. The van der Waals surface area contributed by atoms with E-state index in [0.717, 1.165) is 24.8 Å². The zero-order valence-electron chi connectivity index (χ0n) is 10.8. The van der Waals surface area contributed by atoms with Crippen molar-refractivity contribution in [3.05, 3.63) is 24.2 Å². The molecule has 96 valence electrons. The van der Waals surface area contributed by atoms with Crippen molar-refractivity contribution in [3.63, 3.8) is 0 Å². The summed E-state index contributed by atoms with van der Waals surface area (Å²) in [6.45, 7) is 2.81. The van der Waals surface area contributed by atoms with Crippen LogP contribution in [0, 0.1) is 0 Å². The van der Waals surface area contributed by atoms with E-state index in [9.17, 15) is 4.79 Å². The van der Waals surface area contributed by atoms with E-state index in [1.807, 2.05) is 18.0 Å². The van der Waals surface area contributed by atoms with Crippen LogP contribution in [0.4, 0.5) is 0 Å². The monoisotopic (exact) mass is 239 g/mol. The van der Waals surface area contributed by atoms with Crippen molar-refractivity contribution in [2.45, 2.75) is 38.8 Å². The first-order valence-electron chi connectivity index (χ1n) is 5.98. The second kappa shape index (κ2) is 7.12. The van der Waals surface area contributed by atoms with Gasteiger partial charge in [0.2, 0.25) is 0 Å². The molecule has 1 atom stereocenters. The topological polar surface area (TPSA) is 42.7 Å². The Labute approximate surface area is 103 Å². The van der Waals surface area contributed by atoms with E-state index >= 15 is 0 Å². The van der Waals surface area contributed by atoms with Crippen molar-refractivity contribution in [1.29, 1.82) is 0 Å². The summed E-state index contributed by atoms with van der Waals surface area (Å²) in [6, 6.07) is 1.74. The number of carbonyl (C=O) groups excluding carboxylic acids is 1. The quantitative estimate of drug-likeness (QED) is 0.685. The summed E-state index contributed by atoms with van der Waals surface area (Å²) in [4.78, 5) is 13.7. The maximum absolute atomic E-state index is 11.7. The summed E-state index contributed by atoms with van der Waals surface area (Å²) in [5, 5.41) is 0. The molecule has 0 saturated carbocycles. The number of ether oxygens (including phenoxy) is 1. The van der Waals surface area contributed by atoms with E-state index in [1.54, 1.807) is 12.5 Å². The molecule has 1 aromatic rings. The lowest BCUT2D eigenvalue weighted by molar-refractivity contribution is -0.147. The normalized spacial score (nSPS) is 12.7. The number of hydrogen-bond acceptors (Lipinski definition) is 4. The van der Waals surface area contributed by atoms with Gasteiger partial charge in [0.1, 0.15) is 6.04 Å². The standard InChI is InChI=1S/C13H21NO3/c1-4-5-6-12(13(15)16-3)14(2)9-11-7-8-17-10-11/h7-8,10,12H,4-6,9H2,1-3H3. The molecular weight excluding hydrogens is 218 g/mol. The molecule has 1 unspecified atom stereocenters. The van der Waals surface area contributed by atoms with E-state index in [4.69, 9.17) is 9.15 Å². The van der Waals surface area contributed by atoms with Gasteiger partial charge in [-0.3, -0.25) is 9.69 Å². The van der Waals surface area contributed by atoms with E-state index in [-0.39, 0.29) is 12.0 Å². The fourth-order valence-electron chi connectivity index (χ4n) is 1.83. The van der Waals surface area contributed by atoms with Crippen LogP contribution in [-0.2, 0) is 16.1 Å². The second-order valence-corrected chi connectivity index (χ2v) is 4.23. The molecule has 1 aromatic heterocycles.